The number of halogens is 2. The molecule has 1 saturated heterocycles. The number of nitrogens with one attached hydrogen (secondary N) is 1. The second-order valence-electron chi connectivity index (χ2n) is 10.9. The highest BCUT2D eigenvalue weighted by Crippen LogP contribution is 2.29. The third-order valence-electron chi connectivity index (χ3n) is 8.33. The molecule has 1 N–H and O–H groups in total. The van der Waals surface area contributed by atoms with Gasteiger partial charge in [-0.05, 0) is 126 Å². The number of rotatable bonds is 7. The summed E-state index contributed by atoms with van der Waals surface area (Å²) in [7, 11) is 0. The fraction of sp³-hybridized carbons (Fsp3) is 0.452. The average Bonchev–Trinajstić information content (AvgIpc) is 2.93. The van der Waals surface area contributed by atoms with Gasteiger partial charge in [-0.3, -0.25) is 14.6 Å². The van der Waals surface area contributed by atoms with E-state index in [2.05, 4.69) is 15.2 Å². The standard InChI is InChI=1S/C31H35ClFN3O2/c1-20-28(19-24-18-25(32)6-11-29(24)34-20)31(38)35-27-9-2-21(3-10-27)12-15-36-16-13-23(14-17-36)30(37)22-4-7-26(33)8-5-22/h4-8,11,18-19,21,23,27H,2-3,9-10,12-17H2,1H3,(H,35,38)/t21-,27-. The van der Waals surface area contributed by atoms with Crippen molar-refractivity contribution in [2.45, 2.75) is 57.9 Å². The van der Waals surface area contributed by atoms with Crippen LogP contribution in [0.15, 0.2) is 48.5 Å². The Labute approximate surface area is 228 Å². The zero-order valence-electron chi connectivity index (χ0n) is 21.9. The number of ketones is 1. The Bertz CT molecular complexity index is 1300. The van der Waals surface area contributed by atoms with E-state index in [1.54, 1.807) is 12.1 Å². The van der Waals surface area contributed by atoms with E-state index in [9.17, 15) is 14.0 Å². The Balaban J connectivity index is 1.04. The van der Waals surface area contributed by atoms with Gasteiger partial charge in [-0.2, -0.15) is 0 Å². The molecule has 200 valence electrons. The Morgan fingerprint density at radius 1 is 1.00 bits per heavy atom. The maximum Gasteiger partial charge on any atom is 0.253 e. The van der Waals surface area contributed by atoms with E-state index in [1.807, 2.05) is 31.2 Å². The van der Waals surface area contributed by atoms with E-state index in [0.717, 1.165) is 81.2 Å². The zero-order valence-corrected chi connectivity index (χ0v) is 22.6. The van der Waals surface area contributed by atoms with Crippen LogP contribution in [0.2, 0.25) is 5.02 Å². The Morgan fingerprint density at radius 2 is 1.71 bits per heavy atom. The lowest BCUT2D eigenvalue weighted by Crippen LogP contribution is -2.39. The van der Waals surface area contributed by atoms with Crippen molar-refractivity contribution in [3.63, 3.8) is 0 Å². The van der Waals surface area contributed by atoms with E-state index >= 15 is 0 Å². The van der Waals surface area contributed by atoms with Crippen molar-refractivity contribution in [3.8, 4) is 0 Å². The Kier molecular flexibility index (Phi) is 8.39. The quantitative estimate of drug-likeness (QED) is 0.346. The third kappa shape index (κ3) is 6.41. The monoisotopic (exact) mass is 535 g/mol. The number of likely N-dealkylation sites (tertiary alicyclic amines) is 1. The number of aromatic nitrogens is 1. The van der Waals surface area contributed by atoms with Gasteiger partial charge in [0.15, 0.2) is 5.78 Å². The molecule has 1 amide bonds. The van der Waals surface area contributed by atoms with Crippen LogP contribution in [0.5, 0.6) is 0 Å². The molecule has 1 aliphatic heterocycles. The molecule has 0 atom stereocenters. The summed E-state index contributed by atoms with van der Waals surface area (Å²) in [6, 6.07) is 13.5. The minimum atomic E-state index is -0.309. The molecule has 0 spiro atoms. The van der Waals surface area contributed by atoms with Gasteiger partial charge in [-0.15, -0.1) is 0 Å². The number of nitrogens with zero attached hydrogens (tertiary/aromatic N) is 2. The number of hydrogen-bond donors (Lipinski definition) is 1. The molecule has 1 aliphatic carbocycles. The maximum atomic E-state index is 13.2. The van der Waals surface area contributed by atoms with Crippen LogP contribution in [0.1, 0.15) is 71.4 Å². The molecule has 0 unspecified atom stereocenters. The molecule has 3 aromatic rings. The Hall–Kier alpha value is -2.83. The van der Waals surface area contributed by atoms with Gasteiger partial charge in [0, 0.05) is 27.9 Å². The number of carbonyl (C=O) groups is 2. The third-order valence-corrected chi connectivity index (χ3v) is 8.57. The van der Waals surface area contributed by atoms with Crippen molar-refractivity contribution in [2.24, 2.45) is 11.8 Å². The number of fused-ring (bicyclic) bond motifs is 1. The molecule has 0 bridgehead atoms. The van der Waals surface area contributed by atoms with Crippen LogP contribution < -0.4 is 5.32 Å². The van der Waals surface area contributed by atoms with Crippen LogP contribution >= 0.6 is 11.6 Å². The molecule has 1 saturated carbocycles. The summed E-state index contributed by atoms with van der Waals surface area (Å²) in [5.74, 6) is 0.486. The van der Waals surface area contributed by atoms with Crippen molar-refractivity contribution in [1.82, 2.24) is 15.2 Å². The number of pyridine rings is 1. The zero-order chi connectivity index (χ0) is 26.6. The lowest BCUT2D eigenvalue weighted by atomic mass is 9.83. The van der Waals surface area contributed by atoms with Crippen LogP contribution in [0.3, 0.4) is 0 Å². The summed E-state index contributed by atoms with van der Waals surface area (Å²) in [6.07, 6.45) is 7.12. The van der Waals surface area contributed by atoms with Gasteiger partial charge in [0.1, 0.15) is 5.82 Å². The highest BCUT2D eigenvalue weighted by Gasteiger charge is 2.28. The van der Waals surface area contributed by atoms with Crippen molar-refractivity contribution in [3.05, 3.63) is 76.2 Å². The molecule has 5 rings (SSSR count). The number of amides is 1. The van der Waals surface area contributed by atoms with Crippen molar-refractivity contribution in [1.29, 1.82) is 0 Å². The highest BCUT2D eigenvalue weighted by molar-refractivity contribution is 6.31. The van der Waals surface area contributed by atoms with Gasteiger partial charge < -0.3 is 10.2 Å². The molecule has 2 fully saturated rings. The predicted octanol–water partition coefficient (Wildman–Crippen LogP) is 6.61. The maximum absolute atomic E-state index is 13.2. The number of carbonyl (C=O) groups excluding carboxylic acids is 2. The summed E-state index contributed by atoms with van der Waals surface area (Å²) >= 11 is 6.13. The average molecular weight is 536 g/mol. The van der Waals surface area contributed by atoms with Crippen molar-refractivity contribution >= 4 is 34.2 Å². The normalized spacial score (nSPS) is 20.9. The lowest BCUT2D eigenvalue weighted by Gasteiger charge is -2.34. The summed E-state index contributed by atoms with van der Waals surface area (Å²) in [5, 5.41) is 4.75. The molecule has 5 nitrogen and oxygen atoms in total. The lowest BCUT2D eigenvalue weighted by molar-refractivity contribution is 0.0832. The SMILES string of the molecule is Cc1nc2ccc(Cl)cc2cc1C(=O)N[C@H]1CC[C@H](CCN2CCC(C(=O)c3ccc(F)cc3)CC2)CC1. The first-order valence-corrected chi connectivity index (χ1v) is 14.1. The topological polar surface area (TPSA) is 62.3 Å². The van der Waals surface area contributed by atoms with Crippen molar-refractivity contribution < 1.29 is 14.0 Å². The minimum Gasteiger partial charge on any atom is -0.349 e. The van der Waals surface area contributed by atoms with Gasteiger partial charge in [-0.1, -0.05) is 11.6 Å². The van der Waals surface area contributed by atoms with E-state index in [4.69, 9.17) is 11.6 Å². The molecule has 2 heterocycles. The number of piperidine rings is 1. The second kappa shape index (κ2) is 11.9. The highest BCUT2D eigenvalue weighted by atomic mass is 35.5. The largest absolute Gasteiger partial charge is 0.349 e. The minimum absolute atomic E-state index is 0.0363. The van der Waals surface area contributed by atoms with Crippen LogP contribution in [0.4, 0.5) is 4.39 Å². The van der Waals surface area contributed by atoms with Gasteiger partial charge in [0.05, 0.1) is 16.8 Å². The van der Waals surface area contributed by atoms with Gasteiger partial charge in [0.2, 0.25) is 0 Å². The molecule has 1 aromatic heterocycles. The second-order valence-corrected chi connectivity index (χ2v) is 11.4. The molecule has 2 aromatic carbocycles. The van der Waals surface area contributed by atoms with Crippen LogP contribution in [0, 0.1) is 24.6 Å². The molecule has 2 aliphatic rings. The first-order chi connectivity index (χ1) is 18.4. The summed E-state index contributed by atoms with van der Waals surface area (Å²) in [6.45, 7) is 4.81. The van der Waals surface area contributed by atoms with E-state index in [0.29, 0.717) is 22.1 Å². The van der Waals surface area contributed by atoms with E-state index in [1.165, 1.54) is 12.1 Å². The van der Waals surface area contributed by atoms with E-state index in [-0.39, 0.29) is 29.5 Å². The first-order valence-electron chi connectivity index (χ1n) is 13.8. The molecular weight excluding hydrogens is 501 g/mol. The van der Waals surface area contributed by atoms with Crippen LogP contribution in [0.25, 0.3) is 10.9 Å². The number of hydrogen-bond acceptors (Lipinski definition) is 4. The smallest absolute Gasteiger partial charge is 0.253 e. The number of aryl methyl sites for hydroxylation is 1. The number of Topliss-reactive ketones (excluding diaryl/α,β-unsaturated/α-hetero) is 1. The molecule has 38 heavy (non-hydrogen) atoms. The predicted molar refractivity (Wildman–Crippen MR) is 149 cm³/mol. The summed E-state index contributed by atoms with van der Waals surface area (Å²) in [4.78, 5) is 32.8. The first kappa shape index (κ1) is 26.8. The molecule has 7 heteroatoms. The summed E-state index contributed by atoms with van der Waals surface area (Å²) in [5.41, 5.74) is 2.80. The van der Waals surface area contributed by atoms with Crippen molar-refractivity contribution in [2.75, 3.05) is 19.6 Å². The number of benzene rings is 2. The van der Waals surface area contributed by atoms with Gasteiger partial charge in [-0.25, -0.2) is 4.39 Å². The molecule has 0 radical (unpaired) electrons. The van der Waals surface area contributed by atoms with Gasteiger partial charge in [0.25, 0.3) is 5.91 Å². The van der Waals surface area contributed by atoms with Gasteiger partial charge >= 0.3 is 0 Å². The molecular formula is C31H35ClFN3O2. The van der Waals surface area contributed by atoms with Crippen LogP contribution in [-0.4, -0.2) is 47.3 Å². The summed E-state index contributed by atoms with van der Waals surface area (Å²) < 4.78 is 13.2. The fourth-order valence-corrected chi connectivity index (χ4v) is 6.15. The van der Waals surface area contributed by atoms with E-state index < -0.39 is 0 Å². The fourth-order valence-electron chi connectivity index (χ4n) is 5.97. The van der Waals surface area contributed by atoms with Crippen LogP contribution in [-0.2, 0) is 0 Å². The Morgan fingerprint density at radius 3 is 2.42 bits per heavy atom.